The number of hydrogen-bond acceptors (Lipinski definition) is 3. The van der Waals surface area contributed by atoms with Crippen LogP contribution in [0.3, 0.4) is 0 Å². The molecule has 0 aromatic rings. The van der Waals surface area contributed by atoms with Crippen LogP contribution in [0.2, 0.25) is 0 Å². The van der Waals surface area contributed by atoms with Gasteiger partial charge in [0.25, 0.3) is 0 Å². The molecule has 72 valence electrons. The molecule has 0 radical (unpaired) electrons. The van der Waals surface area contributed by atoms with Gasteiger partial charge in [0, 0.05) is 18.5 Å². The monoisotopic (exact) mass is 191 g/mol. The number of halogens is 1. The third kappa shape index (κ3) is 4.57. The van der Waals surface area contributed by atoms with Gasteiger partial charge in [-0.3, -0.25) is 4.99 Å². The van der Waals surface area contributed by atoms with E-state index in [4.69, 9.17) is 0 Å². The van der Waals surface area contributed by atoms with Gasteiger partial charge in [0.1, 0.15) is 5.84 Å². The predicted molar refractivity (Wildman–Crippen MR) is 54.8 cm³/mol. The molecule has 3 nitrogen and oxygen atoms in total. The molecule has 0 saturated heterocycles. The van der Waals surface area contributed by atoms with Crippen LogP contribution in [0.5, 0.6) is 0 Å². The number of nitrogens with zero attached hydrogens (tertiary/aromatic N) is 1. The van der Waals surface area contributed by atoms with Crippen molar-refractivity contribution in [2.45, 2.75) is 39.2 Å². The highest BCUT2D eigenvalue weighted by molar-refractivity contribution is 5.85. The molecule has 1 aliphatic rings. The van der Waals surface area contributed by atoms with E-state index in [1.54, 1.807) is 0 Å². The van der Waals surface area contributed by atoms with Gasteiger partial charge in [-0.2, -0.15) is 0 Å². The van der Waals surface area contributed by atoms with Crippen LogP contribution in [0.1, 0.15) is 33.6 Å². The number of rotatable bonds is 1. The molecule has 0 fully saturated rings. The molecule has 12 heavy (non-hydrogen) atoms. The van der Waals surface area contributed by atoms with Crippen molar-refractivity contribution in [3.8, 4) is 0 Å². The topological polar surface area (TPSA) is 36.4 Å². The van der Waals surface area contributed by atoms with E-state index < -0.39 is 0 Å². The second-order valence-electron chi connectivity index (χ2n) is 3.93. The van der Waals surface area contributed by atoms with Gasteiger partial charge in [0.2, 0.25) is 0 Å². The molecular formula is C8H18ClN3. The highest BCUT2D eigenvalue weighted by Crippen LogP contribution is 2.01. The van der Waals surface area contributed by atoms with Crippen LogP contribution < -0.4 is 10.9 Å². The molecule has 0 saturated carbocycles. The predicted octanol–water partition coefficient (Wildman–Crippen LogP) is 1.49. The highest BCUT2D eigenvalue weighted by Gasteiger charge is 2.11. The minimum atomic E-state index is 0. The average Bonchev–Trinajstić information content (AvgIpc) is 2.32. The lowest BCUT2D eigenvalue weighted by atomic mass is 10.1. The largest absolute Gasteiger partial charge is 0.309 e. The van der Waals surface area contributed by atoms with Crippen LogP contribution in [0.25, 0.3) is 0 Å². The van der Waals surface area contributed by atoms with Gasteiger partial charge in [-0.05, 0) is 27.2 Å². The van der Waals surface area contributed by atoms with Crippen molar-refractivity contribution in [3.63, 3.8) is 0 Å². The molecule has 1 rings (SSSR count). The summed E-state index contributed by atoms with van der Waals surface area (Å²) in [6, 6.07) is 0. The Balaban J connectivity index is 0.00000121. The van der Waals surface area contributed by atoms with E-state index in [1.807, 2.05) is 0 Å². The SMILES string of the molecule is CC(C)(C)NNC1=NCCC1.Cl. The van der Waals surface area contributed by atoms with Gasteiger partial charge < -0.3 is 5.43 Å². The lowest BCUT2D eigenvalue weighted by molar-refractivity contribution is 0.402. The molecule has 0 atom stereocenters. The van der Waals surface area contributed by atoms with Crippen molar-refractivity contribution in [1.29, 1.82) is 0 Å². The van der Waals surface area contributed by atoms with E-state index in [2.05, 4.69) is 36.6 Å². The molecule has 0 bridgehead atoms. The summed E-state index contributed by atoms with van der Waals surface area (Å²) in [6.45, 7) is 7.34. The molecule has 1 aliphatic heterocycles. The van der Waals surface area contributed by atoms with Gasteiger partial charge in [-0.1, -0.05) is 0 Å². The normalized spacial score (nSPS) is 16.8. The summed E-state index contributed by atoms with van der Waals surface area (Å²) in [5.74, 6) is 1.10. The fraction of sp³-hybridized carbons (Fsp3) is 0.875. The van der Waals surface area contributed by atoms with Crippen molar-refractivity contribution in [1.82, 2.24) is 10.9 Å². The van der Waals surface area contributed by atoms with Crippen molar-refractivity contribution in [3.05, 3.63) is 0 Å². The van der Waals surface area contributed by atoms with Gasteiger partial charge in [-0.15, -0.1) is 12.4 Å². The van der Waals surface area contributed by atoms with E-state index in [0.29, 0.717) is 0 Å². The van der Waals surface area contributed by atoms with E-state index >= 15 is 0 Å². The Kier molecular flexibility index (Phi) is 4.57. The summed E-state index contributed by atoms with van der Waals surface area (Å²) >= 11 is 0. The Morgan fingerprint density at radius 2 is 2.00 bits per heavy atom. The van der Waals surface area contributed by atoms with Crippen LogP contribution in [0, 0.1) is 0 Å². The number of hydrazine groups is 1. The highest BCUT2D eigenvalue weighted by atomic mass is 35.5. The number of nitrogens with one attached hydrogen (secondary N) is 2. The molecule has 0 aromatic heterocycles. The van der Waals surface area contributed by atoms with Gasteiger partial charge in [-0.25, -0.2) is 5.43 Å². The number of hydrogen-bond donors (Lipinski definition) is 2. The Hall–Kier alpha value is -0.280. The summed E-state index contributed by atoms with van der Waals surface area (Å²) in [4.78, 5) is 4.28. The zero-order chi connectivity index (χ0) is 8.32. The molecule has 4 heteroatoms. The second-order valence-corrected chi connectivity index (χ2v) is 3.93. The summed E-state index contributed by atoms with van der Waals surface area (Å²) in [5.41, 5.74) is 6.42. The maximum absolute atomic E-state index is 4.28. The maximum atomic E-state index is 4.28. The van der Waals surface area contributed by atoms with E-state index in [9.17, 15) is 0 Å². The van der Waals surface area contributed by atoms with Crippen LogP contribution in [0.4, 0.5) is 0 Å². The summed E-state index contributed by atoms with van der Waals surface area (Å²) in [7, 11) is 0. The van der Waals surface area contributed by atoms with Crippen molar-refractivity contribution < 1.29 is 0 Å². The van der Waals surface area contributed by atoms with E-state index in [0.717, 1.165) is 18.8 Å². The van der Waals surface area contributed by atoms with Gasteiger partial charge in [0.15, 0.2) is 0 Å². The first-order chi connectivity index (χ1) is 5.08. The van der Waals surface area contributed by atoms with Crippen LogP contribution in [0.15, 0.2) is 4.99 Å². The van der Waals surface area contributed by atoms with Crippen LogP contribution in [-0.4, -0.2) is 17.9 Å². The minimum Gasteiger partial charge on any atom is -0.309 e. The van der Waals surface area contributed by atoms with E-state index in [1.165, 1.54) is 6.42 Å². The zero-order valence-electron chi connectivity index (χ0n) is 7.98. The van der Waals surface area contributed by atoms with Crippen LogP contribution in [-0.2, 0) is 0 Å². The Labute approximate surface area is 80.4 Å². The standard InChI is InChI=1S/C8H17N3.ClH/c1-8(2,3)11-10-7-5-4-6-9-7;/h11H,4-6H2,1-3H3,(H,9,10);1H. The third-order valence-corrected chi connectivity index (χ3v) is 1.46. The van der Waals surface area contributed by atoms with Crippen molar-refractivity contribution in [2.75, 3.05) is 6.54 Å². The van der Waals surface area contributed by atoms with E-state index in [-0.39, 0.29) is 17.9 Å². The number of aliphatic imine (C=N–C) groups is 1. The maximum Gasteiger partial charge on any atom is 0.111 e. The van der Waals surface area contributed by atoms with Crippen molar-refractivity contribution >= 4 is 18.2 Å². The molecule has 0 aliphatic carbocycles. The summed E-state index contributed by atoms with van der Waals surface area (Å²) in [5, 5.41) is 0. The van der Waals surface area contributed by atoms with Gasteiger partial charge in [0.05, 0.1) is 0 Å². The quantitative estimate of drug-likeness (QED) is 0.617. The lowest BCUT2D eigenvalue weighted by Crippen LogP contribution is -2.48. The van der Waals surface area contributed by atoms with Crippen molar-refractivity contribution in [2.24, 2.45) is 4.99 Å². The zero-order valence-corrected chi connectivity index (χ0v) is 8.79. The lowest BCUT2D eigenvalue weighted by Gasteiger charge is -2.21. The molecular weight excluding hydrogens is 174 g/mol. The Bertz CT molecular complexity index is 160. The first kappa shape index (κ1) is 11.7. The minimum absolute atomic E-state index is 0. The number of amidine groups is 1. The van der Waals surface area contributed by atoms with Crippen LogP contribution >= 0.6 is 12.4 Å². The fourth-order valence-electron chi connectivity index (χ4n) is 0.901. The molecule has 0 aromatic carbocycles. The summed E-state index contributed by atoms with van der Waals surface area (Å²) in [6.07, 6.45) is 2.28. The third-order valence-electron chi connectivity index (χ3n) is 1.46. The molecule has 0 amide bonds. The Morgan fingerprint density at radius 3 is 2.42 bits per heavy atom. The summed E-state index contributed by atoms with van der Waals surface area (Å²) < 4.78 is 0. The fourth-order valence-corrected chi connectivity index (χ4v) is 0.901. The first-order valence-electron chi connectivity index (χ1n) is 4.14. The first-order valence-corrected chi connectivity index (χ1v) is 4.14. The van der Waals surface area contributed by atoms with Gasteiger partial charge >= 0.3 is 0 Å². The smallest absolute Gasteiger partial charge is 0.111 e. The second kappa shape index (κ2) is 4.67. The molecule has 2 N–H and O–H groups in total. The molecule has 0 unspecified atom stereocenters. The average molecular weight is 192 g/mol. The molecule has 0 spiro atoms. The Morgan fingerprint density at radius 1 is 1.33 bits per heavy atom. The molecule has 1 heterocycles.